The third-order valence-corrected chi connectivity index (χ3v) is 4.37. The van der Waals surface area contributed by atoms with E-state index in [2.05, 4.69) is 5.32 Å². The number of hydrogen-bond acceptors (Lipinski definition) is 2. The molecule has 2 aromatic rings. The van der Waals surface area contributed by atoms with Crippen molar-refractivity contribution in [2.24, 2.45) is 0 Å². The fourth-order valence-corrected chi connectivity index (χ4v) is 2.60. The molecule has 2 aromatic carbocycles. The van der Waals surface area contributed by atoms with Gasteiger partial charge in [-0.2, -0.15) is 0 Å². The van der Waals surface area contributed by atoms with Gasteiger partial charge in [0, 0.05) is 19.5 Å². The molecule has 0 fully saturated rings. The minimum Gasteiger partial charge on any atom is -0.325 e. The number of rotatable bonds is 6. The van der Waals surface area contributed by atoms with Crippen LogP contribution in [0.4, 0.5) is 5.69 Å². The second-order valence-electron chi connectivity index (χ2n) is 5.26. The molecule has 3 nitrogen and oxygen atoms in total. The van der Waals surface area contributed by atoms with Gasteiger partial charge in [-0.15, -0.1) is 0 Å². The highest BCUT2D eigenvalue weighted by Crippen LogP contribution is 2.23. The zero-order valence-electron chi connectivity index (χ0n) is 12.7. The number of hydrogen-bond donors (Lipinski definition) is 1. The van der Waals surface area contributed by atoms with Crippen LogP contribution < -0.4 is 5.32 Å². The van der Waals surface area contributed by atoms with Crippen molar-refractivity contribution in [3.05, 3.63) is 63.1 Å². The lowest BCUT2D eigenvalue weighted by Crippen LogP contribution is -2.24. The van der Waals surface area contributed by atoms with E-state index in [9.17, 15) is 4.79 Å². The predicted octanol–water partition coefficient (Wildman–Crippen LogP) is 5.11. The van der Waals surface area contributed by atoms with Crippen molar-refractivity contribution in [2.45, 2.75) is 13.0 Å². The van der Waals surface area contributed by atoms with E-state index in [0.29, 0.717) is 40.3 Å². The fraction of sp³-hybridized carbons (Fsp3) is 0.235. The van der Waals surface area contributed by atoms with Crippen molar-refractivity contribution in [2.75, 3.05) is 18.9 Å². The molecule has 0 aliphatic heterocycles. The molecule has 2 rings (SSSR count). The molecule has 0 aliphatic rings. The molecule has 0 saturated carbocycles. The Labute approximate surface area is 151 Å². The number of para-hydroxylation sites is 1. The number of amides is 1. The molecule has 0 aliphatic carbocycles. The van der Waals surface area contributed by atoms with Crippen molar-refractivity contribution >= 4 is 46.4 Å². The topological polar surface area (TPSA) is 32.3 Å². The molecule has 0 radical (unpaired) electrons. The fourth-order valence-electron chi connectivity index (χ4n) is 2.10. The highest BCUT2D eigenvalue weighted by molar-refractivity contribution is 6.42. The predicted molar refractivity (Wildman–Crippen MR) is 97.5 cm³/mol. The lowest BCUT2D eigenvalue weighted by molar-refractivity contribution is -0.116. The summed E-state index contributed by atoms with van der Waals surface area (Å²) in [5.41, 5.74) is 1.68. The minimum absolute atomic E-state index is 0.0703. The first-order chi connectivity index (χ1) is 11.0. The van der Waals surface area contributed by atoms with Crippen molar-refractivity contribution < 1.29 is 4.79 Å². The summed E-state index contributed by atoms with van der Waals surface area (Å²) in [4.78, 5) is 14.0. The third kappa shape index (κ3) is 5.70. The quantitative estimate of drug-likeness (QED) is 0.765. The number of benzene rings is 2. The van der Waals surface area contributed by atoms with Gasteiger partial charge in [0.15, 0.2) is 0 Å². The monoisotopic (exact) mass is 370 g/mol. The number of carbonyl (C=O) groups excluding carboxylic acids is 1. The first kappa shape index (κ1) is 18.1. The van der Waals surface area contributed by atoms with Gasteiger partial charge >= 0.3 is 0 Å². The summed E-state index contributed by atoms with van der Waals surface area (Å²) in [7, 11) is 1.95. The Hall–Kier alpha value is -1.26. The average Bonchev–Trinajstić information content (AvgIpc) is 2.51. The van der Waals surface area contributed by atoms with Crippen LogP contribution in [0.5, 0.6) is 0 Å². The molecule has 0 saturated heterocycles. The first-order valence-electron chi connectivity index (χ1n) is 7.12. The maximum absolute atomic E-state index is 12.0. The molecule has 23 heavy (non-hydrogen) atoms. The minimum atomic E-state index is -0.0703. The van der Waals surface area contributed by atoms with Crippen LogP contribution in [-0.4, -0.2) is 24.4 Å². The molecule has 0 bridgehead atoms. The zero-order valence-corrected chi connectivity index (χ0v) is 14.9. The van der Waals surface area contributed by atoms with E-state index in [1.54, 1.807) is 18.2 Å². The smallest absolute Gasteiger partial charge is 0.225 e. The lowest BCUT2D eigenvalue weighted by Gasteiger charge is -2.17. The zero-order chi connectivity index (χ0) is 16.8. The maximum Gasteiger partial charge on any atom is 0.225 e. The number of nitrogens with zero attached hydrogens (tertiary/aromatic N) is 1. The van der Waals surface area contributed by atoms with E-state index in [0.717, 1.165) is 5.56 Å². The molecule has 0 atom stereocenters. The molecule has 1 amide bonds. The molecule has 6 heteroatoms. The lowest BCUT2D eigenvalue weighted by atomic mass is 10.2. The van der Waals surface area contributed by atoms with Gasteiger partial charge in [0.1, 0.15) is 0 Å². The van der Waals surface area contributed by atoms with Gasteiger partial charge in [0.2, 0.25) is 5.91 Å². The normalized spacial score (nSPS) is 10.8. The van der Waals surface area contributed by atoms with Crippen molar-refractivity contribution in [1.29, 1.82) is 0 Å². The third-order valence-electron chi connectivity index (χ3n) is 3.31. The van der Waals surface area contributed by atoms with Crippen LogP contribution in [0.1, 0.15) is 12.0 Å². The van der Waals surface area contributed by atoms with Crippen LogP contribution in [0.15, 0.2) is 42.5 Å². The Bertz CT molecular complexity index is 691. The molecular weight excluding hydrogens is 355 g/mol. The first-order valence-corrected chi connectivity index (χ1v) is 8.26. The van der Waals surface area contributed by atoms with E-state index in [1.807, 2.05) is 36.2 Å². The second kappa shape index (κ2) is 8.55. The Morgan fingerprint density at radius 1 is 1.04 bits per heavy atom. The summed E-state index contributed by atoms with van der Waals surface area (Å²) in [5, 5.41) is 4.42. The molecule has 0 spiro atoms. The summed E-state index contributed by atoms with van der Waals surface area (Å²) in [6, 6.07) is 12.7. The van der Waals surface area contributed by atoms with E-state index >= 15 is 0 Å². The molecule has 1 N–H and O–H groups in total. The van der Waals surface area contributed by atoms with Gasteiger partial charge in [-0.1, -0.05) is 53.0 Å². The summed E-state index contributed by atoms with van der Waals surface area (Å²) in [6.07, 6.45) is 0.378. The summed E-state index contributed by atoms with van der Waals surface area (Å²) < 4.78 is 0. The van der Waals surface area contributed by atoms with Crippen molar-refractivity contribution in [3.8, 4) is 0 Å². The average molecular weight is 372 g/mol. The molecule has 0 heterocycles. The Morgan fingerprint density at radius 2 is 1.78 bits per heavy atom. The van der Waals surface area contributed by atoms with Gasteiger partial charge in [0.25, 0.3) is 0 Å². The van der Waals surface area contributed by atoms with Gasteiger partial charge in [-0.05, 0) is 36.9 Å². The van der Waals surface area contributed by atoms with Crippen molar-refractivity contribution in [1.82, 2.24) is 4.90 Å². The van der Waals surface area contributed by atoms with Crippen LogP contribution in [0.2, 0.25) is 15.1 Å². The van der Waals surface area contributed by atoms with Gasteiger partial charge in [-0.3, -0.25) is 4.79 Å². The van der Waals surface area contributed by atoms with Gasteiger partial charge in [-0.25, -0.2) is 0 Å². The number of carbonyl (C=O) groups is 1. The Kier molecular flexibility index (Phi) is 6.72. The van der Waals surface area contributed by atoms with Crippen LogP contribution in [0.25, 0.3) is 0 Å². The van der Waals surface area contributed by atoms with E-state index in [1.165, 1.54) is 0 Å². The molecule has 122 valence electrons. The molecule has 0 unspecified atom stereocenters. The highest BCUT2D eigenvalue weighted by Gasteiger charge is 2.08. The van der Waals surface area contributed by atoms with Crippen LogP contribution in [-0.2, 0) is 11.3 Å². The SMILES string of the molecule is CN(CCC(=O)Nc1ccccc1Cl)Cc1ccc(Cl)c(Cl)c1. The number of nitrogens with one attached hydrogen (secondary N) is 1. The van der Waals surface area contributed by atoms with Crippen LogP contribution in [0, 0.1) is 0 Å². The summed E-state index contributed by atoms with van der Waals surface area (Å²) in [6.45, 7) is 1.31. The van der Waals surface area contributed by atoms with Crippen molar-refractivity contribution in [3.63, 3.8) is 0 Å². The number of halogens is 3. The summed E-state index contributed by atoms with van der Waals surface area (Å²) >= 11 is 17.9. The number of anilines is 1. The molecule has 0 aromatic heterocycles. The Balaban J connectivity index is 1.81. The van der Waals surface area contributed by atoms with Crippen LogP contribution in [0.3, 0.4) is 0 Å². The van der Waals surface area contributed by atoms with E-state index < -0.39 is 0 Å². The Morgan fingerprint density at radius 3 is 2.48 bits per heavy atom. The van der Waals surface area contributed by atoms with Crippen LogP contribution >= 0.6 is 34.8 Å². The highest BCUT2D eigenvalue weighted by atomic mass is 35.5. The van der Waals surface area contributed by atoms with Gasteiger partial charge < -0.3 is 10.2 Å². The van der Waals surface area contributed by atoms with Gasteiger partial charge in [0.05, 0.1) is 20.8 Å². The van der Waals surface area contributed by atoms with E-state index in [4.69, 9.17) is 34.8 Å². The largest absolute Gasteiger partial charge is 0.325 e. The molecular formula is C17H17Cl3N2O. The van der Waals surface area contributed by atoms with E-state index in [-0.39, 0.29) is 5.91 Å². The summed E-state index contributed by atoms with van der Waals surface area (Å²) in [5.74, 6) is -0.0703. The maximum atomic E-state index is 12.0. The standard InChI is InChI=1S/C17H17Cl3N2O/c1-22(11-12-6-7-13(18)15(20)10-12)9-8-17(23)21-16-5-3-2-4-14(16)19/h2-7,10H,8-9,11H2,1H3,(H,21,23). The second-order valence-corrected chi connectivity index (χ2v) is 6.49.